The molecular formula is C14H19ClN2O. The van der Waals surface area contributed by atoms with Crippen molar-refractivity contribution >= 4 is 17.4 Å². The van der Waals surface area contributed by atoms with Gasteiger partial charge in [-0.25, -0.2) is 0 Å². The first-order chi connectivity index (χ1) is 8.81. The lowest BCUT2D eigenvalue weighted by Crippen LogP contribution is -2.23. The highest BCUT2D eigenvalue weighted by Crippen LogP contribution is 2.26. The minimum absolute atomic E-state index is 0.668. The average Bonchev–Trinajstić information content (AvgIpc) is 2.65. The lowest BCUT2D eigenvalue weighted by molar-refractivity contribution is 0.409. The highest BCUT2D eigenvalue weighted by atomic mass is 35.5. The summed E-state index contributed by atoms with van der Waals surface area (Å²) in [4.78, 5) is 4.55. The zero-order valence-electron chi connectivity index (χ0n) is 10.7. The van der Waals surface area contributed by atoms with Crippen LogP contribution in [0.25, 0.3) is 0 Å². The molecular weight excluding hydrogens is 248 g/mol. The van der Waals surface area contributed by atoms with E-state index in [0.29, 0.717) is 6.54 Å². The number of ether oxygens (including phenoxy) is 1. The molecule has 4 heteroatoms. The van der Waals surface area contributed by atoms with Gasteiger partial charge in [0.05, 0.1) is 12.9 Å². The van der Waals surface area contributed by atoms with E-state index in [1.165, 1.54) is 19.3 Å². The van der Waals surface area contributed by atoms with Gasteiger partial charge < -0.3 is 10.1 Å². The summed E-state index contributed by atoms with van der Waals surface area (Å²) in [5, 5.41) is 4.11. The Bertz CT molecular complexity index is 432. The van der Waals surface area contributed by atoms with Gasteiger partial charge in [-0.15, -0.1) is 0 Å². The molecule has 0 aromatic heterocycles. The van der Waals surface area contributed by atoms with Gasteiger partial charge in [0, 0.05) is 30.1 Å². The van der Waals surface area contributed by atoms with Gasteiger partial charge in [-0.2, -0.15) is 0 Å². The van der Waals surface area contributed by atoms with Crippen molar-refractivity contribution in [3.63, 3.8) is 0 Å². The van der Waals surface area contributed by atoms with Gasteiger partial charge in [0.25, 0.3) is 0 Å². The molecule has 2 rings (SSSR count). The number of benzene rings is 1. The van der Waals surface area contributed by atoms with Crippen LogP contribution in [0.15, 0.2) is 23.2 Å². The summed E-state index contributed by atoms with van der Waals surface area (Å²) >= 11 is 6.20. The summed E-state index contributed by atoms with van der Waals surface area (Å²) in [5.74, 6) is 1.92. The number of nitrogens with one attached hydrogen (secondary N) is 1. The molecule has 1 heterocycles. The Labute approximate surface area is 113 Å². The van der Waals surface area contributed by atoms with E-state index in [1.54, 1.807) is 7.11 Å². The van der Waals surface area contributed by atoms with E-state index in [2.05, 4.69) is 10.3 Å². The van der Waals surface area contributed by atoms with E-state index in [4.69, 9.17) is 16.3 Å². The molecule has 0 bridgehead atoms. The number of hydrogen-bond donors (Lipinski definition) is 1. The van der Waals surface area contributed by atoms with Gasteiger partial charge in [0.1, 0.15) is 5.75 Å². The molecule has 0 amide bonds. The smallest absolute Gasteiger partial charge is 0.125 e. The molecule has 3 nitrogen and oxygen atoms in total. The molecule has 0 unspecified atom stereocenters. The van der Waals surface area contributed by atoms with Crippen molar-refractivity contribution in [2.75, 3.05) is 13.7 Å². The van der Waals surface area contributed by atoms with Crippen molar-refractivity contribution in [2.45, 2.75) is 32.2 Å². The van der Waals surface area contributed by atoms with Crippen LogP contribution < -0.4 is 10.1 Å². The van der Waals surface area contributed by atoms with Crippen LogP contribution >= 0.6 is 11.6 Å². The number of hydrogen-bond acceptors (Lipinski definition) is 3. The zero-order chi connectivity index (χ0) is 12.8. The molecule has 0 saturated heterocycles. The largest absolute Gasteiger partial charge is 0.496 e. The molecule has 0 radical (unpaired) electrons. The number of aliphatic imine (C=N–C) groups is 1. The van der Waals surface area contributed by atoms with E-state index in [-0.39, 0.29) is 0 Å². The van der Waals surface area contributed by atoms with Gasteiger partial charge in [-0.05, 0) is 25.0 Å². The van der Waals surface area contributed by atoms with Gasteiger partial charge in [-0.3, -0.25) is 4.99 Å². The maximum Gasteiger partial charge on any atom is 0.125 e. The number of nitrogens with zero attached hydrogens (tertiary/aromatic N) is 1. The standard InChI is InChI=1S/C14H19ClN2O/c1-18-13-7-5-6-12(15)11(13)10-17-14-8-3-2-4-9-16-14/h5-7H,2-4,8-10H2,1H3,(H,16,17). The topological polar surface area (TPSA) is 33.6 Å². The Balaban J connectivity index is 2.03. The normalized spacial score (nSPS) is 15.8. The summed E-state index contributed by atoms with van der Waals surface area (Å²) in [6.45, 7) is 1.60. The first kappa shape index (κ1) is 13.2. The van der Waals surface area contributed by atoms with Crippen LogP contribution in [0.3, 0.4) is 0 Å². The molecule has 0 saturated carbocycles. The van der Waals surface area contributed by atoms with Crippen molar-refractivity contribution in [3.05, 3.63) is 28.8 Å². The minimum Gasteiger partial charge on any atom is -0.496 e. The second-order valence-electron chi connectivity index (χ2n) is 4.41. The molecule has 0 atom stereocenters. The quantitative estimate of drug-likeness (QED) is 0.910. The first-order valence-corrected chi connectivity index (χ1v) is 6.77. The second-order valence-corrected chi connectivity index (χ2v) is 4.82. The molecule has 18 heavy (non-hydrogen) atoms. The third-order valence-corrected chi connectivity index (χ3v) is 3.49. The van der Waals surface area contributed by atoms with E-state index >= 15 is 0 Å². The molecule has 0 fully saturated rings. The molecule has 1 aromatic rings. The molecule has 98 valence electrons. The predicted molar refractivity (Wildman–Crippen MR) is 75.6 cm³/mol. The molecule has 1 aliphatic heterocycles. The minimum atomic E-state index is 0.668. The zero-order valence-corrected chi connectivity index (χ0v) is 11.5. The van der Waals surface area contributed by atoms with Crippen LogP contribution in [-0.2, 0) is 6.54 Å². The highest BCUT2D eigenvalue weighted by molar-refractivity contribution is 6.31. The first-order valence-electron chi connectivity index (χ1n) is 6.40. The SMILES string of the molecule is COc1cccc(Cl)c1CNC1=NCCCCC1. The summed E-state index contributed by atoms with van der Waals surface area (Å²) < 4.78 is 5.33. The molecule has 1 N–H and O–H groups in total. The number of halogens is 1. The monoisotopic (exact) mass is 266 g/mol. The number of rotatable bonds is 3. The van der Waals surface area contributed by atoms with Gasteiger partial charge in [-0.1, -0.05) is 24.1 Å². The van der Waals surface area contributed by atoms with Crippen molar-refractivity contribution in [1.82, 2.24) is 5.32 Å². The van der Waals surface area contributed by atoms with E-state index in [1.807, 2.05) is 18.2 Å². The Kier molecular flexibility index (Phi) is 4.88. The van der Waals surface area contributed by atoms with E-state index in [0.717, 1.165) is 35.1 Å². The van der Waals surface area contributed by atoms with Crippen LogP contribution in [0.2, 0.25) is 5.02 Å². The summed E-state index contributed by atoms with van der Waals surface area (Å²) in [6, 6.07) is 5.71. The van der Waals surface area contributed by atoms with Crippen LogP contribution in [0.1, 0.15) is 31.2 Å². The lowest BCUT2D eigenvalue weighted by Gasteiger charge is -2.13. The Morgan fingerprint density at radius 1 is 1.33 bits per heavy atom. The lowest BCUT2D eigenvalue weighted by atomic mass is 10.2. The third-order valence-electron chi connectivity index (χ3n) is 3.14. The van der Waals surface area contributed by atoms with E-state index < -0.39 is 0 Å². The molecule has 0 aliphatic carbocycles. The number of methoxy groups -OCH3 is 1. The molecule has 1 aliphatic rings. The van der Waals surface area contributed by atoms with Gasteiger partial charge in [0.15, 0.2) is 0 Å². The predicted octanol–water partition coefficient (Wildman–Crippen LogP) is 3.41. The maximum atomic E-state index is 6.20. The second kappa shape index (κ2) is 6.64. The summed E-state index contributed by atoms with van der Waals surface area (Å²) in [6.07, 6.45) is 4.71. The third kappa shape index (κ3) is 3.39. The van der Waals surface area contributed by atoms with Gasteiger partial charge in [0.2, 0.25) is 0 Å². The summed E-state index contributed by atoms with van der Waals surface area (Å²) in [5.41, 5.74) is 0.994. The fourth-order valence-electron chi connectivity index (χ4n) is 2.11. The van der Waals surface area contributed by atoms with Crippen LogP contribution in [-0.4, -0.2) is 19.5 Å². The fourth-order valence-corrected chi connectivity index (χ4v) is 2.34. The molecule has 1 aromatic carbocycles. The van der Waals surface area contributed by atoms with Crippen molar-refractivity contribution in [2.24, 2.45) is 4.99 Å². The van der Waals surface area contributed by atoms with Crippen molar-refractivity contribution in [1.29, 1.82) is 0 Å². The Morgan fingerprint density at radius 2 is 2.22 bits per heavy atom. The number of amidine groups is 1. The highest BCUT2D eigenvalue weighted by Gasteiger charge is 2.09. The van der Waals surface area contributed by atoms with Gasteiger partial charge >= 0.3 is 0 Å². The van der Waals surface area contributed by atoms with Crippen molar-refractivity contribution in [3.8, 4) is 5.75 Å². The van der Waals surface area contributed by atoms with E-state index in [9.17, 15) is 0 Å². The van der Waals surface area contributed by atoms with Crippen molar-refractivity contribution < 1.29 is 4.74 Å². The van der Waals surface area contributed by atoms with Crippen LogP contribution in [0.4, 0.5) is 0 Å². The van der Waals surface area contributed by atoms with Crippen LogP contribution in [0.5, 0.6) is 5.75 Å². The van der Waals surface area contributed by atoms with Crippen LogP contribution in [0, 0.1) is 0 Å². The summed E-state index contributed by atoms with van der Waals surface area (Å²) in [7, 11) is 1.67. The fraction of sp³-hybridized carbons (Fsp3) is 0.500. The Morgan fingerprint density at radius 3 is 3.06 bits per heavy atom. The maximum absolute atomic E-state index is 6.20. The Hall–Kier alpha value is -1.22. The average molecular weight is 267 g/mol. The molecule has 0 spiro atoms.